The first-order chi connectivity index (χ1) is 9.85. The van der Waals surface area contributed by atoms with Crippen molar-refractivity contribution in [3.05, 3.63) is 36.1 Å². The van der Waals surface area contributed by atoms with Gasteiger partial charge in [0.05, 0.1) is 6.04 Å². The van der Waals surface area contributed by atoms with E-state index in [0.29, 0.717) is 6.04 Å². The number of nitrogens with zero attached hydrogens (tertiary/aromatic N) is 2. The Morgan fingerprint density at radius 3 is 2.65 bits per heavy atom. The van der Waals surface area contributed by atoms with Crippen molar-refractivity contribution in [2.24, 2.45) is 0 Å². The molecule has 20 heavy (non-hydrogen) atoms. The lowest BCUT2D eigenvalue weighted by molar-refractivity contribution is -0.00544. The van der Waals surface area contributed by atoms with Crippen LogP contribution in [0.2, 0.25) is 0 Å². The molecule has 106 valence electrons. The molecule has 1 aromatic heterocycles. The second-order valence-corrected chi connectivity index (χ2v) is 5.86. The van der Waals surface area contributed by atoms with Crippen molar-refractivity contribution in [1.29, 1.82) is 0 Å². The maximum atomic E-state index is 6.07. The summed E-state index contributed by atoms with van der Waals surface area (Å²) in [7, 11) is 2.04. The second-order valence-electron chi connectivity index (χ2n) is 5.86. The minimum absolute atomic E-state index is 0.269. The van der Waals surface area contributed by atoms with Crippen LogP contribution in [0.15, 0.2) is 34.7 Å². The molecular weight excluding hydrogens is 250 g/mol. The zero-order valence-electron chi connectivity index (χ0n) is 11.9. The van der Waals surface area contributed by atoms with E-state index in [1.165, 1.54) is 31.6 Å². The smallest absolute Gasteiger partial charge is 0.134 e. The summed E-state index contributed by atoms with van der Waals surface area (Å²) in [5.74, 6) is 1.06. The molecule has 2 unspecified atom stereocenters. The Morgan fingerprint density at radius 1 is 1.20 bits per heavy atom. The van der Waals surface area contributed by atoms with Crippen LogP contribution in [-0.2, 0) is 0 Å². The maximum Gasteiger partial charge on any atom is 0.134 e. The topological polar surface area (TPSA) is 31.7 Å². The van der Waals surface area contributed by atoms with Crippen molar-refractivity contribution in [2.75, 3.05) is 39.8 Å². The van der Waals surface area contributed by atoms with Gasteiger partial charge in [0, 0.05) is 44.2 Å². The van der Waals surface area contributed by atoms with Crippen LogP contribution in [0.5, 0.6) is 0 Å². The Kier molecular flexibility index (Phi) is 3.02. The molecular formula is C16H21N3O. The third-order valence-electron chi connectivity index (χ3n) is 4.77. The SMILES string of the molecule is CNC(c1cc2ccccc2o1)C1CN2CCN1CC2. The second kappa shape index (κ2) is 4.88. The molecule has 3 aliphatic rings. The van der Waals surface area contributed by atoms with E-state index in [9.17, 15) is 0 Å². The molecule has 3 saturated heterocycles. The first kappa shape index (κ1) is 12.4. The molecule has 3 fully saturated rings. The van der Waals surface area contributed by atoms with Crippen molar-refractivity contribution in [3.63, 3.8) is 0 Å². The number of fused-ring (bicyclic) bond motifs is 4. The van der Waals surface area contributed by atoms with Crippen LogP contribution < -0.4 is 5.32 Å². The van der Waals surface area contributed by atoms with Gasteiger partial charge in [-0.25, -0.2) is 0 Å². The van der Waals surface area contributed by atoms with Gasteiger partial charge in [-0.2, -0.15) is 0 Å². The van der Waals surface area contributed by atoms with Crippen LogP contribution in [0.25, 0.3) is 11.0 Å². The fraction of sp³-hybridized carbons (Fsp3) is 0.500. The van der Waals surface area contributed by atoms with Crippen LogP contribution in [-0.4, -0.2) is 55.6 Å². The lowest BCUT2D eigenvalue weighted by atomic mass is 9.98. The predicted molar refractivity (Wildman–Crippen MR) is 79.8 cm³/mol. The van der Waals surface area contributed by atoms with Gasteiger partial charge < -0.3 is 9.73 Å². The Morgan fingerprint density at radius 2 is 2.00 bits per heavy atom. The minimum Gasteiger partial charge on any atom is -0.459 e. The summed E-state index contributed by atoms with van der Waals surface area (Å²) in [4.78, 5) is 5.17. The number of furan rings is 1. The van der Waals surface area contributed by atoms with Crippen molar-refractivity contribution < 1.29 is 4.42 Å². The summed E-state index contributed by atoms with van der Waals surface area (Å²) in [6.45, 7) is 5.94. The molecule has 2 atom stereocenters. The maximum absolute atomic E-state index is 6.07. The zero-order chi connectivity index (χ0) is 13.5. The number of hydrogen-bond acceptors (Lipinski definition) is 4. The summed E-state index contributed by atoms with van der Waals surface area (Å²) >= 11 is 0. The first-order valence-electron chi connectivity index (χ1n) is 7.47. The van der Waals surface area contributed by atoms with Gasteiger partial charge in [-0.1, -0.05) is 18.2 Å². The van der Waals surface area contributed by atoms with Gasteiger partial charge in [0.15, 0.2) is 0 Å². The van der Waals surface area contributed by atoms with E-state index in [1.54, 1.807) is 0 Å². The lowest BCUT2D eigenvalue weighted by Gasteiger charge is -2.49. The zero-order valence-corrected chi connectivity index (χ0v) is 11.9. The summed E-state index contributed by atoms with van der Waals surface area (Å²) in [5.41, 5.74) is 0.985. The van der Waals surface area contributed by atoms with Gasteiger partial charge in [0.2, 0.25) is 0 Å². The first-order valence-corrected chi connectivity index (χ1v) is 7.47. The molecule has 4 nitrogen and oxygen atoms in total. The Labute approximate surface area is 119 Å². The number of benzene rings is 1. The molecule has 3 aliphatic heterocycles. The molecule has 2 aromatic rings. The largest absolute Gasteiger partial charge is 0.459 e. The van der Waals surface area contributed by atoms with E-state index in [0.717, 1.165) is 17.9 Å². The highest BCUT2D eigenvalue weighted by atomic mass is 16.3. The number of nitrogens with one attached hydrogen (secondary N) is 1. The average Bonchev–Trinajstić information content (AvgIpc) is 2.93. The minimum atomic E-state index is 0.269. The van der Waals surface area contributed by atoms with Gasteiger partial charge >= 0.3 is 0 Å². The average molecular weight is 271 g/mol. The fourth-order valence-corrected chi connectivity index (χ4v) is 3.65. The van der Waals surface area contributed by atoms with E-state index in [4.69, 9.17) is 4.42 Å². The highest BCUT2D eigenvalue weighted by molar-refractivity contribution is 5.77. The van der Waals surface area contributed by atoms with Gasteiger partial charge in [-0.15, -0.1) is 0 Å². The van der Waals surface area contributed by atoms with Gasteiger partial charge in [-0.3, -0.25) is 9.80 Å². The molecule has 0 saturated carbocycles. The van der Waals surface area contributed by atoms with Crippen LogP contribution in [0.3, 0.4) is 0 Å². The molecule has 4 heteroatoms. The fourth-order valence-electron chi connectivity index (χ4n) is 3.65. The molecule has 0 radical (unpaired) electrons. The van der Waals surface area contributed by atoms with Crippen molar-refractivity contribution in [2.45, 2.75) is 12.1 Å². The molecule has 1 N–H and O–H groups in total. The quantitative estimate of drug-likeness (QED) is 0.920. The molecule has 5 rings (SSSR count). The van der Waals surface area contributed by atoms with Crippen molar-refractivity contribution in [3.8, 4) is 0 Å². The van der Waals surface area contributed by atoms with Crippen molar-refractivity contribution >= 4 is 11.0 Å². The van der Waals surface area contributed by atoms with E-state index in [2.05, 4.69) is 33.3 Å². The summed E-state index contributed by atoms with van der Waals surface area (Å²) in [5, 5.41) is 4.67. The van der Waals surface area contributed by atoms with Crippen LogP contribution >= 0.6 is 0 Å². The lowest BCUT2D eigenvalue weighted by Crippen LogP contribution is -2.63. The molecule has 0 spiro atoms. The number of hydrogen-bond donors (Lipinski definition) is 1. The number of likely N-dealkylation sites (N-methyl/N-ethyl adjacent to an activating group) is 1. The van der Waals surface area contributed by atoms with Gasteiger partial charge in [0.1, 0.15) is 11.3 Å². The summed E-state index contributed by atoms with van der Waals surface area (Å²) in [6.07, 6.45) is 0. The number of para-hydroxylation sites is 1. The molecule has 4 heterocycles. The highest BCUT2D eigenvalue weighted by Gasteiger charge is 2.38. The van der Waals surface area contributed by atoms with Crippen molar-refractivity contribution in [1.82, 2.24) is 15.1 Å². The Bertz CT molecular complexity index is 568. The van der Waals surface area contributed by atoms with Crippen LogP contribution in [0, 0.1) is 0 Å². The highest BCUT2D eigenvalue weighted by Crippen LogP contribution is 2.30. The molecule has 1 aromatic carbocycles. The van der Waals surface area contributed by atoms with Crippen LogP contribution in [0.1, 0.15) is 11.8 Å². The third kappa shape index (κ3) is 1.95. The number of rotatable bonds is 3. The van der Waals surface area contributed by atoms with E-state index in [1.807, 2.05) is 19.2 Å². The predicted octanol–water partition coefficient (Wildman–Crippen LogP) is 1.69. The van der Waals surface area contributed by atoms with Crippen LogP contribution in [0.4, 0.5) is 0 Å². The standard InChI is InChI=1S/C16H21N3O/c1-17-16(13-11-18-6-8-19(13)9-7-18)15-10-12-4-2-3-5-14(12)20-15/h2-5,10,13,16-17H,6-9,11H2,1H3. The normalized spacial score (nSPS) is 30.8. The summed E-state index contributed by atoms with van der Waals surface area (Å²) in [6, 6.07) is 11.2. The van der Waals surface area contributed by atoms with E-state index >= 15 is 0 Å². The molecule has 0 aliphatic carbocycles. The molecule has 2 bridgehead atoms. The van der Waals surface area contributed by atoms with E-state index in [-0.39, 0.29) is 6.04 Å². The van der Waals surface area contributed by atoms with Gasteiger partial charge in [-0.05, 0) is 19.2 Å². The molecule has 0 amide bonds. The Balaban J connectivity index is 1.67. The number of piperazine rings is 3. The van der Waals surface area contributed by atoms with E-state index < -0.39 is 0 Å². The monoisotopic (exact) mass is 271 g/mol. The van der Waals surface area contributed by atoms with Gasteiger partial charge in [0.25, 0.3) is 0 Å². The third-order valence-corrected chi connectivity index (χ3v) is 4.77. The Hall–Kier alpha value is -1.36. The summed E-state index contributed by atoms with van der Waals surface area (Å²) < 4.78 is 6.07.